The van der Waals surface area contributed by atoms with E-state index >= 15 is 0 Å². The van der Waals surface area contributed by atoms with Crippen LogP contribution in [-0.4, -0.2) is 72.8 Å². The number of carbonyl (C=O) groups excluding carboxylic acids is 3. The molecule has 0 aromatic heterocycles. The van der Waals surface area contributed by atoms with Crippen molar-refractivity contribution in [1.82, 2.24) is 20.4 Å². The van der Waals surface area contributed by atoms with Gasteiger partial charge in [-0.2, -0.15) is 0 Å². The van der Waals surface area contributed by atoms with E-state index in [2.05, 4.69) is 27.7 Å². The molecule has 1 aliphatic heterocycles. The van der Waals surface area contributed by atoms with E-state index in [0.29, 0.717) is 13.1 Å². The van der Waals surface area contributed by atoms with Gasteiger partial charge < -0.3 is 21.3 Å². The summed E-state index contributed by atoms with van der Waals surface area (Å²) in [6.07, 6.45) is 0. The molecule has 28 heavy (non-hydrogen) atoms. The summed E-state index contributed by atoms with van der Waals surface area (Å²) in [4.78, 5) is 39.9. The van der Waals surface area contributed by atoms with Gasteiger partial charge >= 0.3 is 0 Å². The topological polar surface area (TPSA) is 108 Å². The third-order valence-corrected chi connectivity index (χ3v) is 4.85. The van der Waals surface area contributed by atoms with Crippen molar-refractivity contribution < 1.29 is 14.4 Å². The second kappa shape index (κ2) is 10.8. The van der Waals surface area contributed by atoms with E-state index in [0.717, 1.165) is 19.6 Å². The molecule has 0 spiro atoms. The van der Waals surface area contributed by atoms with E-state index in [1.165, 1.54) is 5.56 Å². The molecular weight excluding hydrogens is 358 g/mol. The molecule has 8 nitrogen and oxygen atoms in total. The first kappa shape index (κ1) is 21.8. The van der Waals surface area contributed by atoms with Gasteiger partial charge in [-0.05, 0) is 11.5 Å². The number of carbonyl (C=O) groups is 3. The predicted molar refractivity (Wildman–Crippen MR) is 107 cm³/mol. The number of amides is 3. The third kappa shape index (κ3) is 6.94. The summed E-state index contributed by atoms with van der Waals surface area (Å²) in [6, 6.07) is 9.59. The van der Waals surface area contributed by atoms with Crippen molar-refractivity contribution in [3.05, 3.63) is 35.9 Å². The molecule has 1 fully saturated rings. The highest BCUT2D eigenvalue weighted by atomic mass is 16.2. The molecule has 3 amide bonds. The summed E-state index contributed by atoms with van der Waals surface area (Å²) in [5.74, 6) is -0.894. The van der Waals surface area contributed by atoms with Gasteiger partial charge in [0, 0.05) is 32.7 Å². The lowest BCUT2D eigenvalue weighted by Gasteiger charge is -2.34. The monoisotopic (exact) mass is 389 g/mol. The highest BCUT2D eigenvalue weighted by Crippen LogP contribution is 2.08. The van der Waals surface area contributed by atoms with Crippen LogP contribution in [0.15, 0.2) is 30.3 Å². The molecule has 0 bridgehead atoms. The van der Waals surface area contributed by atoms with Gasteiger partial charge in [0.1, 0.15) is 0 Å². The molecule has 2 rings (SSSR count). The zero-order valence-electron chi connectivity index (χ0n) is 16.7. The van der Waals surface area contributed by atoms with Crippen molar-refractivity contribution in [3.8, 4) is 0 Å². The largest absolute Gasteiger partial charge is 0.346 e. The molecular formula is C20H31N5O3. The fourth-order valence-electron chi connectivity index (χ4n) is 2.93. The first-order valence-corrected chi connectivity index (χ1v) is 9.71. The Kier molecular flexibility index (Phi) is 8.41. The van der Waals surface area contributed by atoms with Crippen LogP contribution in [0.5, 0.6) is 0 Å². The Morgan fingerprint density at radius 3 is 2.25 bits per heavy atom. The van der Waals surface area contributed by atoms with Gasteiger partial charge in [0.2, 0.25) is 17.7 Å². The summed E-state index contributed by atoms with van der Waals surface area (Å²) >= 11 is 0. The van der Waals surface area contributed by atoms with Crippen molar-refractivity contribution in [3.63, 3.8) is 0 Å². The summed E-state index contributed by atoms with van der Waals surface area (Å²) < 4.78 is 0. The average molecular weight is 390 g/mol. The number of hydrogen-bond donors (Lipinski definition) is 3. The normalized spacial score (nSPS) is 15.9. The fraction of sp³-hybridized carbons (Fsp3) is 0.550. The third-order valence-electron chi connectivity index (χ3n) is 4.85. The molecule has 0 saturated carbocycles. The molecule has 0 aliphatic carbocycles. The SMILES string of the molecule is CC(C)[C@H](N)C(=O)NCC(=O)NCC(=O)N1CCN(Cc2ccccc2)CC1. The summed E-state index contributed by atoms with van der Waals surface area (Å²) in [7, 11) is 0. The molecule has 1 heterocycles. The number of nitrogens with one attached hydrogen (secondary N) is 2. The van der Waals surface area contributed by atoms with E-state index in [1.54, 1.807) is 4.90 Å². The molecule has 154 valence electrons. The smallest absolute Gasteiger partial charge is 0.242 e. The van der Waals surface area contributed by atoms with E-state index < -0.39 is 11.9 Å². The lowest BCUT2D eigenvalue weighted by atomic mass is 10.1. The molecule has 1 saturated heterocycles. The zero-order chi connectivity index (χ0) is 20.5. The maximum Gasteiger partial charge on any atom is 0.242 e. The molecule has 0 unspecified atom stereocenters. The minimum absolute atomic E-state index is 0.00908. The number of benzene rings is 1. The van der Waals surface area contributed by atoms with Crippen LogP contribution in [-0.2, 0) is 20.9 Å². The van der Waals surface area contributed by atoms with Gasteiger partial charge in [0.25, 0.3) is 0 Å². The molecule has 1 atom stereocenters. The Hall–Kier alpha value is -2.45. The van der Waals surface area contributed by atoms with Crippen molar-refractivity contribution in [2.75, 3.05) is 39.3 Å². The standard InChI is InChI=1S/C20H31N5O3/c1-15(2)19(21)20(28)23-12-17(26)22-13-18(27)25-10-8-24(9-11-25)14-16-6-4-3-5-7-16/h3-7,15,19H,8-14,21H2,1-2H3,(H,22,26)(H,23,28)/t19-/m0/s1. The van der Waals surface area contributed by atoms with E-state index in [1.807, 2.05) is 32.0 Å². The highest BCUT2D eigenvalue weighted by Gasteiger charge is 2.22. The minimum Gasteiger partial charge on any atom is -0.346 e. The number of hydrogen-bond acceptors (Lipinski definition) is 5. The van der Waals surface area contributed by atoms with Crippen LogP contribution < -0.4 is 16.4 Å². The average Bonchev–Trinajstić information content (AvgIpc) is 2.70. The summed E-state index contributed by atoms with van der Waals surface area (Å²) in [6.45, 7) is 7.18. The lowest BCUT2D eigenvalue weighted by Crippen LogP contribution is -2.52. The van der Waals surface area contributed by atoms with Crippen LogP contribution in [0.3, 0.4) is 0 Å². The molecule has 1 aromatic rings. The number of nitrogens with two attached hydrogens (primary N) is 1. The van der Waals surface area contributed by atoms with Crippen LogP contribution in [0.2, 0.25) is 0 Å². The van der Waals surface area contributed by atoms with Crippen LogP contribution in [0.25, 0.3) is 0 Å². The van der Waals surface area contributed by atoms with Gasteiger partial charge in [-0.1, -0.05) is 44.2 Å². The molecule has 0 radical (unpaired) electrons. The zero-order valence-corrected chi connectivity index (χ0v) is 16.7. The second-order valence-electron chi connectivity index (χ2n) is 7.41. The summed E-state index contributed by atoms with van der Waals surface area (Å²) in [5.41, 5.74) is 6.98. The molecule has 4 N–H and O–H groups in total. The Labute approximate surface area is 166 Å². The van der Waals surface area contributed by atoms with Crippen molar-refractivity contribution in [2.45, 2.75) is 26.4 Å². The second-order valence-corrected chi connectivity index (χ2v) is 7.41. The quantitative estimate of drug-likeness (QED) is 0.558. The fourth-order valence-corrected chi connectivity index (χ4v) is 2.93. The van der Waals surface area contributed by atoms with Crippen LogP contribution in [0, 0.1) is 5.92 Å². The van der Waals surface area contributed by atoms with E-state index in [-0.39, 0.29) is 30.8 Å². The van der Waals surface area contributed by atoms with Gasteiger partial charge in [-0.3, -0.25) is 19.3 Å². The predicted octanol–water partition coefficient (Wildman–Crippen LogP) is -0.453. The Morgan fingerprint density at radius 1 is 1.00 bits per heavy atom. The Balaban J connectivity index is 1.64. The van der Waals surface area contributed by atoms with Gasteiger partial charge in [0.15, 0.2) is 0 Å². The van der Waals surface area contributed by atoms with Crippen molar-refractivity contribution >= 4 is 17.7 Å². The van der Waals surface area contributed by atoms with Crippen molar-refractivity contribution in [1.29, 1.82) is 0 Å². The Morgan fingerprint density at radius 2 is 1.64 bits per heavy atom. The van der Waals surface area contributed by atoms with E-state index in [4.69, 9.17) is 5.73 Å². The van der Waals surface area contributed by atoms with E-state index in [9.17, 15) is 14.4 Å². The first-order valence-electron chi connectivity index (χ1n) is 9.71. The van der Waals surface area contributed by atoms with Crippen molar-refractivity contribution in [2.24, 2.45) is 11.7 Å². The van der Waals surface area contributed by atoms with Gasteiger partial charge in [-0.15, -0.1) is 0 Å². The number of piperazine rings is 1. The number of nitrogens with zero attached hydrogens (tertiary/aromatic N) is 2. The van der Waals surface area contributed by atoms with Crippen LogP contribution in [0.1, 0.15) is 19.4 Å². The maximum atomic E-state index is 12.3. The van der Waals surface area contributed by atoms with Gasteiger partial charge in [-0.25, -0.2) is 0 Å². The number of rotatable bonds is 8. The molecule has 8 heteroatoms. The first-order chi connectivity index (χ1) is 13.4. The highest BCUT2D eigenvalue weighted by molar-refractivity contribution is 5.89. The van der Waals surface area contributed by atoms with Crippen LogP contribution >= 0.6 is 0 Å². The molecule has 1 aliphatic rings. The molecule has 1 aromatic carbocycles. The minimum atomic E-state index is -0.651. The van der Waals surface area contributed by atoms with Crippen LogP contribution in [0.4, 0.5) is 0 Å². The summed E-state index contributed by atoms with van der Waals surface area (Å²) in [5, 5.41) is 5.04. The maximum absolute atomic E-state index is 12.3. The van der Waals surface area contributed by atoms with Gasteiger partial charge in [0.05, 0.1) is 19.1 Å². The Bertz CT molecular complexity index is 657. The lowest BCUT2D eigenvalue weighted by molar-refractivity contribution is -0.134.